The van der Waals surface area contributed by atoms with Crippen LogP contribution in [-0.2, 0) is 10.0 Å². The fourth-order valence-corrected chi connectivity index (χ4v) is 3.06. The van der Waals surface area contributed by atoms with Gasteiger partial charge in [-0.2, -0.15) is 0 Å². The lowest BCUT2D eigenvalue weighted by Crippen LogP contribution is -2.25. The van der Waals surface area contributed by atoms with Crippen LogP contribution in [0.3, 0.4) is 0 Å². The third-order valence-corrected chi connectivity index (χ3v) is 4.78. The normalized spacial score (nSPS) is 13.2. The van der Waals surface area contributed by atoms with Gasteiger partial charge < -0.3 is 14.3 Å². The minimum absolute atomic E-state index is 0.107. The molecule has 1 aromatic heterocycles. The van der Waals surface area contributed by atoms with Crippen LogP contribution in [0.4, 0.5) is 0 Å². The molecular weight excluding hydrogens is 330 g/mol. The van der Waals surface area contributed by atoms with Gasteiger partial charge >= 0.3 is 0 Å². The number of aliphatic hydroxyl groups excluding tert-OH is 1. The van der Waals surface area contributed by atoms with Crippen LogP contribution in [0.1, 0.15) is 32.1 Å². The van der Waals surface area contributed by atoms with Gasteiger partial charge in [-0.15, -0.1) is 0 Å². The van der Waals surface area contributed by atoms with Crippen molar-refractivity contribution in [3.05, 3.63) is 48.4 Å². The Hall–Kier alpha value is -1.83. The Balaban J connectivity index is 1.88. The van der Waals surface area contributed by atoms with Crippen molar-refractivity contribution >= 4 is 10.0 Å². The van der Waals surface area contributed by atoms with Gasteiger partial charge in [0, 0.05) is 6.54 Å². The molecule has 0 aliphatic carbocycles. The van der Waals surface area contributed by atoms with Crippen LogP contribution in [0.2, 0.25) is 0 Å². The summed E-state index contributed by atoms with van der Waals surface area (Å²) in [5.41, 5.74) is 0. The molecule has 0 saturated heterocycles. The highest BCUT2D eigenvalue weighted by Gasteiger charge is 2.16. The van der Waals surface area contributed by atoms with Crippen molar-refractivity contribution in [2.45, 2.75) is 31.3 Å². The molecule has 0 aliphatic heterocycles. The van der Waals surface area contributed by atoms with Crippen molar-refractivity contribution in [2.75, 3.05) is 13.2 Å². The number of nitrogens with one attached hydrogen (secondary N) is 1. The van der Waals surface area contributed by atoms with Gasteiger partial charge in [0.15, 0.2) is 0 Å². The van der Waals surface area contributed by atoms with Crippen LogP contribution in [-0.4, -0.2) is 26.7 Å². The highest BCUT2D eigenvalue weighted by atomic mass is 32.2. The number of ether oxygens (including phenoxy) is 1. The van der Waals surface area contributed by atoms with E-state index in [9.17, 15) is 13.5 Å². The molecular formula is C17H23NO5S. The fraction of sp³-hybridized carbons (Fsp3) is 0.412. The second-order valence-electron chi connectivity index (χ2n) is 5.89. The summed E-state index contributed by atoms with van der Waals surface area (Å²) in [5.74, 6) is 1.45. The summed E-state index contributed by atoms with van der Waals surface area (Å²) < 4.78 is 37.5. The van der Waals surface area contributed by atoms with E-state index in [0.29, 0.717) is 24.0 Å². The minimum Gasteiger partial charge on any atom is -0.493 e. The van der Waals surface area contributed by atoms with Gasteiger partial charge in [0.05, 0.1) is 17.8 Å². The molecule has 2 rings (SSSR count). The maximum absolute atomic E-state index is 12.2. The van der Waals surface area contributed by atoms with Gasteiger partial charge in [0.25, 0.3) is 0 Å². The fourth-order valence-electron chi connectivity index (χ4n) is 2.01. The number of aliphatic hydroxyl groups is 1. The molecule has 7 heteroatoms. The lowest BCUT2D eigenvalue weighted by Gasteiger charge is -2.11. The van der Waals surface area contributed by atoms with Crippen LogP contribution in [0, 0.1) is 5.92 Å². The van der Waals surface area contributed by atoms with E-state index in [4.69, 9.17) is 9.15 Å². The van der Waals surface area contributed by atoms with Crippen molar-refractivity contribution in [1.82, 2.24) is 4.72 Å². The molecule has 0 fully saturated rings. The van der Waals surface area contributed by atoms with E-state index in [1.807, 2.05) is 13.8 Å². The largest absolute Gasteiger partial charge is 0.493 e. The predicted molar refractivity (Wildman–Crippen MR) is 90.2 cm³/mol. The number of furan rings is 1. The molecule has 2 aromatic rings. The highest BCUT2D eigenvalue weighted by Crippen LogP contribution is 2.18. The first-order valence-corrected chi connectivity index (χ1v) is 9.31. The zero-order valence-corrected chi connectivity index (χ0v) is 14.6. The molecule has 2 N–H and O–H groups in total. The second kappa shape index (κ2) is 8.32. The lowest BCUT2D eigenvalue weighted by molar-refractivity contribution is 0.142. The third kappa shape index (κ3) is 5.36. The molecule has 24 heavy (non-hydrogen) atoms. The summed E-state index contributed by atoms with van der Waals surface area (Å²) in [6.45, 7) is 4.77. The Morgan fingerprint density at radius 2 is 1.92 bits per heavy atom. The van der Waals surface area contributed by atoms with E-state index in [0.717, 1.165) is 0 Å². The highest BCUT2D eigenvalue weighted by molar-refractivity contribution is 7.89. The van der Waals surface area contributed by atoms with E-state index < -0.39 is 16.1 Å². The van der Waals surface area contributed by atoms with Crippen LogP contribution in [0.25, 0.3) is 0 Å². The first kappa shape index (κ1) is 18.5. The Bertz CT molecular complexity index is 708. The van der Waals surface area contributed by atoms with E-state index in [-0.39, 0.29) is 17.9 Å². The van der Waals surface area contributed by atoms with Crippen LogP contribution >= 0.6 is 0 Å². The summed E-state index contributed by atoms with van der Waals surface area (Å²) in [6, 6.07) is 9.59. The molecule has 0 bridgehead atoms. The number of hydrogen-bond acceptors (Lipinski definition) is 5. The SMILES string of the molecule is CC(C)COc1ccc(S(=O)(=O)NCCC(O)c2ccco2)cc1. The van der Waals surface area contributed by atoms with Crippen molar-refractivity contribution in [1.29, 1.82) is 0 Å². The van der Waals surface area contributed by atoms with Gasteiger partial charge in [-0.1, -0.05) is 13.8 Å². The average molecular weight is 353 g/mol. The van der Waals surface area contributed by atoms with Crippen LogP contribution in [0.15, 0.2) is 52.0 Å². The van der Waals surface area contributed by atoms with Crippen molar-refractivity contribution in [2.24, 2.45) is 5.92 Å². The van der Waals surface area contributed by atoms with E-state index in [1.54, 1.807) is 24.3 Å². The Kier molecular flexibility index (Phi) is 6.42. The average Bonchev–Trinajstić information content (AvgIpc) is 3.07. The number of sulfonamides is 1. The maximum atomic E-state index is 12.2. The number of rotatable bonds is 9. The zero-order valence-electron chi connectivity index (χ0n) is 13.8. The van der Waals surface area contributed by atoms with Crippen molar-refractivity contribution in [3.8, 4) is 5.75 Å². The Labute approximate surface area is 142 Å². The topological polar surface area (TPSA) is 88.8 Å². The summed E-state index contributed by atoms with van der Waals surface area (Å²) in [5, 5.41) is 9.87. The Morgan fingerprint density at radius 1 is 1.21 bits per heavy atom. The van der Waals surface area contributed by atoms with E-state index >= 15 is 0 Å². The van der Waals surface area contributed by atoms with Gasteiger partial charge in [-0.3, -0.25) is 0 Å². The van der Waals surface area contributed by atoms with Gasteiger partial charge in [0.1, 0.15) is 17.6 Å². The molecule has 1 aromatic carbocycles. The molecule has 0 saturated carbocycles. The third-order valence-electron chi connectivity index (χ3n) is 3.30. The second-order valence-corrected chi connectivity index (χ2v) is 7.66. The summed E-state index contributed by atoms with van der Waals surface area (Å²) in [6.07, 6.45) is 0.850. The monoisotopic (exact) mass is 353 g/mol. The number of hydrogen-bond donors (Lipinski definition) is 2. The molecule has 1 atom stereocenters. The summed E-state index contributed by atoms with van der Waals surface area (Å²) in [7, 11) is -3.62. The molecule has 1 heterocycles. The first-order valence-electron chi connectivity index (χ1n) is 7.82. The van der Waals surface area contributed by atoms with E-state index in [1.165, 1.54) is 18.4 Å². The molecule has 6 nitrogen and oxygen atoms in total. The van der Waals surface area contributed by atoms with Gasteiger partial charge in [-0.05, 0) is 48.7 Å². The number of benzene rings is 1. The quantitative estimate of drug-likeness (QED) is 0.723. The Morgan fingerprint density at radius 3 is 2.50 bits per heavy atom. The van der Waals surface area contributed by atoms with Crippen LogP contribution < -0.4 is 9.46 Å². The van der Waals surface area contributed by atoms with E-state index in [2.05, 4.69) is 4.72 Å². The maximum Gasteiger partial charge on any atom is 0.240 e. The lowest BCUT2D eigenvalue weighted by atomic mass is 10.2. The molecule has 0 spiro atoms. The predicted octanol–water partition coefficient (Wildman–Crippen LogP) is 2.72. The summed E-state index contributed by atoms with van der Waals surface area (Å²) in [4.78, 5) is 0.159. The molecule has 132 valence electrons. The van der Waals surface area contributed by atoms with Gasteiger partial charge in [-0.25, -0.2) is 13.1 Å². The molecule has 0 amide bonds. The summed E-state index contributed by atoms with van der Waals surface area (Å²) >= 11 is 0. The smallest absolute Gasteiger partial charge is 0.240 e. The zero-order chi connectivity index (χ0) is 17.6. The van der Waals surface area contributed by atoms with Crippen molar-refractivity contribution < 1.29 is 22.7 Å². The molecule has 0 radical (unpaired) electrons. The standard InChI is InChI=1S/C17H23NO5S/c1-13(2)12-23-14-5-7-15(8-6-14)24(20,21)18-10-9-16(19)17-4-3-11-22-17/h3-8,11,13,16,18-19H,9-10,12H2,1-2H3. The molecule has 1 unspecified atom stereocenters. The van der Waals surface area contributed by atoms with Crippen LogP contribution in [0.5, 0.6) is 5.75 Å². The van der Waals surface area contributed by atoms with Gasteiger partial charge in [0.2, 0.25) is 10.0 Å². The molecule has 0 aliphatic rings. The first-order chi connectivity index (χ1) is 11.4. The minimum atomic E-state index is -3.62. The van der Waals surface area contributed by atoms with Crippen molar-refractivity contribution in [3.63, 3.8) is 0 Å².